The third-order valence-corrected chi connectivity index (χ3v) is 4.03. The van der Waals surface area contributed by atoms with Gasteiger partial charge in [-0.2, -0.15) is 0 Å². The summed E-state index contributed by atoms with van der Waals surface area (Å²) >= 11 is 5.69. The van der Waals surface area contributed by atoms with Crippen molar-refractivity contribution in [3.8, 4) is 0 Å². The van der Waals surface area contributed by atoms with E-state index in [1.54, 1.807) is 12.1 Å². The molecule has 1 atom stereocenters. The minimum atomic E-state index is -1.04. The molecule has 5 nitrogen and oxygen atoms in total. The van der Waals surface area contributed by atoms with Crippen LogP contribution in [0, 0.1) is 5.92 Å². The lowest BCUT2D eigenvalue weighted by molar-refractivity contribution is -0.141. The number of carbonyl (C=O) groups excluding carboxylic acids is 1. The summed E-state index contributed by atoms with van der Waals surface area (Å²) in [4.78, 5) is 27.1. The lowest BCUT2D eigenvalue weighted by atomic mass is 10.0. The fourth-order valence-electron chi connectivity index (χ4n) is 2.69. The third-order valence-electron chi connectivity index (χ3n) is 3.81. The van der Waals surface area contributed by atoms with Gasteiger partial charge in [0.05, 0.1) is 0 Å². The molecule has 0 spiro atoms. The predicted octanol–water partition coefficient (Wildman–Crippen LogP) is 2.43. The molecule has 2 N–H and O–H groups in total. The second kappa shape index (κ2) is 7.41. The van der Waals surface area contributed by atoms with Crippen molar-refractivity contribution in [3.63, 3.8) is 0 Å². The third kappa shape index (κ3) is 5.01. The van der Waals surface area contributed by atoms with Crippen molar-refractivity contribution in [2.24, 2.45) is 5.92 Å². The highest BCUT2D eigenvalue weighted by Crippen LogP contribution is 2.27. The maximum Gasteiger partial charge on any atom is 0.326 e. The fraction of sp³-hybridized carbons (Fsp3) is 0.533. The van der Waals surface area contributed by atoms with Crippen molar-refractivity contribution in [1.29, 1.82) is 0 Å². The van der Waals surface area contributed by atoms with E-state index in [1.807, 2.05) is 0 Å². The number of nitrogens with zero attached hydrogens (tertiary/aromatic N) is 1. The van der Waals surface area contributed by atoms with Crippen molar-refractivity contribution < 1.29 is 14.7 Å². The first-order chi connectivity index (χ1) is 10.0. The van der Waals surface area contributed by atoms with Crippen LogP contribution < -0.4 is 5.32 Å². The summed E-state index contributed by atoms with van der Waals surface area (Å²) in [7, 11) is 0. The first-order valence-corrected chi connectivity index (χ1v) is 7.55. The highest BCUT2D eigenvalue weighted by atomic mass is 35.5. The molecule has 1 aliphatic rings. The summed E-state index contributed by atoms with van der Waals surface area (Å²) in [5.74, 6) is -0.822. The Balaban J connectivity index is 1.90. The number of hydrogen-bond donors (Lipinski definition) is 2. The quantitative estimate of drug-likeness (QED) is 0.791. The summed E-state index contributed by atoms with van der Waals surface area (Å²) in [5.41, 5.74) is 0.730. The standard InChI is InChI=1S/C15H19ClN2O3/c16-13-6-5-11(9-17-13)7-12(15(20)21)18-14(19)8-10-3-1-2-4-10/h5-6,9-10,12H,1-4,7-8H2,(H,18,19)(H,20,21)/t12-/m1/s1. The molecule has 1 aromatic rings. The van der Waals surface area contributed by atoms with E-state index in [-0.39, 0.29) is 12.3 Å². The number of carbonyl (C=O) groups is 2. The van der Waals surface area contributed by atoms with Gasteiger partial charge in [-0.15, -0.1) is 0 Å². The van der Waals surface area contributed by atoms with Crippen LogP contribution in [0.2, 0.25) is 5.15 Å². The van der Waals surface area contributed by atoms with Crippen LogP contribution in [0.1, 0.15) is 37.7 Å². The Bertz CT molecular complexity index is 498. The Morgan fingerprint density at radius 1 is 1.38 bits per heavy atom. The number of rotatable bonds is 6. The van der Waals surface area contributed by atoms with E-state index in [4.69, 9.17) is 11.6 Å². The molecule has 1 heterocycles. The van der Waals surface area contributed by atoms with Gasteiger partial charge in [-0.3, -0.25) is 4.79 Å². The van der Waals surface area contributed by atoms with Crippen LogP contribution in [0.15, 0.2) is 18.3 Å². The summed E-state index contributed by atoms with van der Waals surface area (Å²) in [6, 6.07) is 2.40. The van der Waals surface area contributed by atoms with Crippen molar-refractivity contribution in [2.75, 3.05) is 0 Å². The Morgan fingerprint density at radius 2 is 2.10 bits per heavy atom. The van der Waals surface area contributed by atoms with Gasteiger partial charge in [0.25, 0.3) is 0 Å². The van der Waals surface area contributed by atoms with E-state index in [1.165, 1.54) is 6.20 Å². The van der Waals surface area contributed by atoms with E-state index >= 15 is 0 Å². The summed E-state index contributed by atoms with van der Waals surface area (Å²) in [6.07, 6.45) is 6.60. The molecule has 0 aromatic carbocycles. The molecule has 21 heavy (non-hydrogen) atoms. The molecule has 1 fully saturated rings. The van der Waals surface area contributed by atoms with Crippen LogP contribution in [0.25, 0.3) is 0 Å². The number of aromatic nitrogens is 1. The van der Waals surface area contributed by atoms with Crippen molar-refractivity contribution >= 4 is 23.5 Å². The van der Waals surface area contributed by atoms with Gasteiger partial charge < -0.3 is 10.4 Å². The van der Waals surface area contributed by atoms with Crippen LogP contribution in [-0.2, 0) is 16.0 Å². The van der Waals surface area contributed by atoms with Crippen molar-refractivity contribution in [2.45, 2.75) is 44.6 Å². The van der Waals surface area contributed by atoms with Gasteiger partial charge in [0.1, 0.15) is 11.2 Å². The molecule has 6 heteroatoms. The molecule has 0 unspecified atom stereocenters. The molecule has 1 amide bonds. The lowest BCUT2D eigenvalue weighted by Gasteiger charge is -2.16. The normalized spacial score (nSPS) is 16.6. The Morgan fingerprint density at radius 3 is 2.67 bits per heavy atom. The zero-order valence-corrected chi connectivity index (χ0v) is 12.5. The zero-order valence-electron chi connectivity index (χ0n) is 11.7. The fourth-order valence-corrected chi connectivity index (χ4v) is 2.80. The topological polar surface area (TPSA) is 79.3 Å². The first-order valence-electron chi connectivity index (χ1n) is 7.17. The number of nitrogens with one attached hydrogen (secondary N) is 1. The lowest BCUT2D eigenvalue weighted by Crippen LogP contribution is -2.42. The molecule has 0 bridgehead atoms. The predicted molar refractivity (Wildman–Crippen MR) is 79.1 cm³/mol. The zero-order chi connectivity index (χ0) is 15.2. The second-order valence-corrected chi connectivity index (χ2v) is 5.89. The van der Waals surface area contributed by atoms with Crippen LogP contribution in [0.5, 0.6) is 0 Å². The number of hydrogen-bond acceptors (Lipinski definition) is 3. The molecule has 1 aliphatic carbocycles. The number of amides is 1. The van der Waals surface area contributed by atoms with Crippen LogP contribution in [0.3, 0.4) is 0 Å². The minimum Gasteiger partial charge on any atom is -0.480 e. The maximum atomic E-state index is 11.9. The summed E-state index contributed by atoms with van der Waals surface area (Å²) in [5, 5.41) is 12.2. The highest BCUT2D eigenvalue weighted by Gasteiger charge is 2.23. The molecular weight excluding hydrogens is 292 g/mol. The molecule has 2 rings (SSSR count). The van der Waals surface area contributed by atoms with Gasteiger partial charge in [0, 0.05) is 19.0 Å². The Kier molecular flexibility index (Phi) is 5.56. The molecular formula is C15H19ClN2O3. The van der Waals surface area contributed by atoms with Gasteiger partial charge >= 0.3 is 5.97 Å². The van der Waals surface area contributed by atoms with Gasteiger partial charge in [0.15, 0.2) is 0 Å². The van der Waals surface area contributed by atoms with Crippen LogP contribution in [-0.4, -0.2) is 28.0 Å². The molecule has 0 radical (unpaired) electrons. The largest absolute Gasteiger partial charge is 0.480 e. The average molecular weight is 311 g/mol. The summed E-state index contributed by atoms with van der Waals surface area (Å²) in [6.45, 7) is 0. The molecule has 1 aromatic heterocycles. The van der Waals surface area contributed by atoms with Crippen LogP contribution in [0.4, 0.5) is 0 Å². The monoisotopic (exact) mass is 310 g/mol. The second-order valence-electron chi connectivity index (χ2n) is 5.51. The number of carboxylic acid groups (broad SMARTS) is 1. The average Bonchev–Trinajstić information content (AvgIpc) is 2.93. The van der Waals surface area contributed by atoms with Crippen molar-refractivity contribution in [1.82, 2.24) is 10.3 Å². The molecule has 1 saturated carbocycles. The van der Waals surface area contributed by atoms with Crippen LogP contribution >= 0.6 is 11.6 Å². The molecule has 114 valence electrons. The van der Waals surface area contributed by atoms with E-state index in [2.05, 4.69) is 10.3 Å². The van der Waals surface area contributed by atoms with Gasteiger partial charge in [-0.25, -0.2) is 9.78 Å². The number of halogens is 1. The van der Waals surface area contributed by atoms with E-state index in [0.717, 1.165) is 31.2 Å². The highest BCUT2D eigenvalue weighted by molar-refractivity contribution is 6.29. The molecule has 0 aliphatic heterocycles. The molecule has 0 saturated heterocycles. The summed E-state index contributed by atoms with van der Waals surface area (Å²) < 4.78 is 0. The minimum absolute atomic E-state index is 0.184. The number of aliphatic carboxylic acids is 1. The Labute approximate surface area is 128 Å². The number of pyridine rings is 1. The van der Waals surface area contributed by atoms with Gasteiger partial charge in [-0.05, 0) is 30.4 Å². The first kappa shape index (κ1) is 15.8. The van der Waals surface area contributed by atoms with E-state index < -0.39 is 12.0 Å². The van der Waals surface area contributed by atoms with E-state index in [9.17, 15) is 14.7 Å². The van der Waals surface area contributed by atoms with Gasteiger partial charge in [-0.1, -0.05) is 30.5 Å². The SMILES string of the molecule is O=C(CC1CCCC1)N[C@H](Cc1ccc(Cl)nc1)C(=O)O. The smallest absolute Gasteiger partial charge is 0.326 e. The van der Waals surface area contributed by atoms with Crippen molar-refractivity contribution in [3.05, 3.63) is 29.0 Å². The maximum absolute atomic E-state index is 11.9. The van der Waals surface area contributed by atoms with Gasteiger partial charge in [0.2, 0.25) is 5.91 Å². The number of carboxylic acids is 1. The van der Waals surface area contributed by atoms with E-state index in [0.29, 0.717) is 17.5 Å². The Hall–Kier alpha value is -1.62.